The van der Waals surface area contributed by atoms with Gasteiger partial charge < -0.3 is 25.2 Å². The van der Waals surface area contributed by atoms with Crippen LogP contribution in [0.25, 0.3) is 0 Å². The summed E-state index contributed by atoms with van der Waals surface area (Å²) in [6.07, 6.45) is 3.27. The van der Waals surface area contributed by atoms with Crippen LogP contribution < -0.4 is 15.4 Å². The van der Waals surface area contributed by atoms with Crippen molar-refractivity contribution in [2.45, 2.75) is 43.9 Å². The summed E-state index contributed by atoms with van der Waals surface area (Å²) in [7, 11) is 1.87. The van der Waals surface area contributed by atoms with Crippen LogP contribution >= 0.6 is 0 Å². The van der Waals surface area contributed by atoms with Gasteiger partial charge in [0.05, 0.1) is 25.4 Å². The smallest absolute Gasteiger partial charge is 0.251 e. The van der Waals surface area contributed by atoms with E-state index in [0.717, 1.165) is 45.3 Å². The highest BCUT2D eigenvalue weighted by Gasteiger charge is 2.35. The Kier molecular flexibility index (Phi) is 8.09. The number of likely N-dealkylation sites (N-methyl/N-ethyl adjacent to an activating group) is 1. The number of ether oxygens (including phenoxy) is 2. The number of rotatable bonds is 7. The van der Waals surface area contributed by atoms with E-state index in [1.54, 1.807) is 12.1 Å². The Morgan fingerprint density at radius 2 is 2.07 bits per heavy atom. The predicted molar refractivity (Wildman–Crippen MR) is 108 cm³/mol. The van der Waals surface area contributed by atoms with Gasteiger partial charge in [-0.15, -0.1) is 0 Å². The zero-order valence-electron chi connectivity index (χ0n) is 16.7. The highest BCUT2D eigenvalue weighted by atomic mass is 16.5. The summed E-state index contributed by atoms with van der Waals surface area (Å²) in [5, 5.41) is 17.1. The van der Waals surface area contributed by atoms with Gasteiger partial charge in [-0.2, -0.15) is 0 Å². The maximum atomic E-state index is 12.8. The van der Waals surface area contributed by atoms with Crippen LogP contribution in [-0.2, 0) is 4.74 Å². The number of benzene rings is 1. The summed E-state index contributed by atoms with van der Waals surface area (Å²) in [5.41, 5.74) is 0.557. The topological polar surface area (TPSA) is 83.1 Å². The van der Waals surface area contributed by atoms with Crippen molar-refractivity contribution in [1.82, 2.24) is 15.5 Å². The standard InChI is InChI=1S/C21H33N3O4/c1-22-9-12-28-17-6-4-5-16(15-17)21(26)23-18-7-2-3-8-19(20(18)25)24-10-13-27-14-11-24/h4-6,15,18-20,22,25H,2-3,7-14H2,1H3,(H,23,26)/t18-,19-,20-/m1/s1. The van der Waals surface area contributed by atoms with Crippen LogP contribution in [0.5, 0.6) is 5.75 Å². The number of nitrogens with one attached hydrogen (secondary N) is 2. The number of hydrogen-bond acceptors (Lipinski definition) is 6. The van der Waals surface area contributed by atoms with Crippen molar-refractivity contribution in [2.24, 2.45) is 0 Å². The molecule has 0 aromatic heterocycles. The first-order valence-electron chi connectivity index (χ1n) is 10.4. The van der Waals surface area contributed by atoms with E-state index >= 15 is 0 Å². The number of carbonyl (C=O) groups excluding carboxylic acids is 1. The lowest BCUT2D eigenvalue weighted by Crippen LogP contribution is -2.55. The molecule has 1 aliphatic heterocycles. The molecule has 2 aliphatic rings. The van der Waals surface area contributed by atoms with Crippen LogP contribution in [0, 0.1) is 0 Å². The molecule has 0 bridgehead atoms. The van der Waals surface area contributed by atoms with Gasteiger partial charge in [-0.3, -0.25) is 9.69 Å². The summed E-state index contributed by atoms with van der Waals surface area (Å²) in [6.45, 7) is 4.39. The molecule has 2 fully saturated rings. The summed E-state index contributed by atoms with van der Waals surface area (Å²) < 4.78 is 11.1. The molecule has 0 spiro atoms. The van der Waals surface area contributed by atoms with Crippen LogP contribution in [0.3, 0.4) is 0 Å². The number of nitrogens with zero attached hydrogens (tertiary/aromatic N) is 1. The normalized spacial score (nSPS) is 26.4. The lowest BCUT2D eigenvalue weighted by atomic mass is 9.99. The summed E-state index contributed by atoms with van der Waals surface area (Å²) >= 11 is 0. The van der Waals surface area contributed by atoms with Crippen molar-refractivity contribution in [3.8, 4) is 5.75 Å². The number of aliphatic hydroxyl groups excluding tert-OH is 1. The zero-order valence-corrected chi connectivity index (χ0v) is 16.7. The summed E-state index contributed by atoms with van der Waals surface area (Å²) in [6, 6.07) is 7.05. The minimum Gasteiger partial charge on any atom is -0.492 e. The molecule has 1 saturated carbocycles. The van der Waals surface area contributed by atoms with E-state index in [9.17, 15) is 9.90 Å². The maximum absolute atomic E-state index is 12.8. The largest absolute Gasteiger partial charge is 0.492 e. The molecule has 3 N–H and O–H groups in total. The van der Waals surface area contributed by atoms with E-state index in [0.29, 0.717) is 31.1 Å². The molecule has 0 radical (unpaired) electrons. The highest BCUT2D eigenvalue weighted by molar-refractivity contribution is 5.94. The molecular weight excluding hydrogens is 358 g/mol. The second-order valence-electron chi connectivity index (χ2n) is 7.55. The number of carbonyl (C=O) groups is 1. The van der Waals surface area contributed by atoms with E-state index in [-0.39, 0.29) is 18.0 Å². The number of morpholine rings is 1. The van der Waals surface area contributed by atoms with Crippen molar-refractivity contribution < 1.29 is 19.4 Å². The molecule has 28 heavy (non-hydrogen) atoms. The first kappa shape index (κ1) is 21.0. The molecule has 1 saturated heterocycles. The minimum absolute atomic E-state index is 0.0768. The fraction of sp³-hybridized carbons (Fsp3) is 0.667. The third kappa shape index (κ3) is 5.67. The first-order chi connectivity index (χ1) is 13.7. The molecule has 1 aliphatic carbocycles. The van der Waals surface area contributed by atoms with Gasteiger partial charge in [0.1, 0.15) is 12.4 Å². The molecule has 7 nitrogen and oxygen atoms in total. The van der Waals surface area contributed by atoms with E-state index < -0.39 is 6.10 Å². The first-order valence-corrected chi connectivity index (χ1v) is 10.4. The molecule has 3 rings (SSSR count). The molecule has 156 valence electrons. The Hall–Kier alpha value is -1.67. The molecule has 0 unspecified atom stereocenters. The van der Waals surface area contributed by atoms with Gasteiger partial charge in [-0.25, -0.2) is 0 Å². The van der Waals surface area contributed by atoms with Crippen molar-refractivity contribution in [2.75, 3.05) is 46.5 Å². The Labute approximate surface area is 167 Å². The van der Waals surface area contributed by atoms with Crippen LogP contribution in [0.2, 0.25) is 0 Å². The van der Waals surface area contributed by atoms with Gasteiger partial charge in [0.25, 0.3) is 5.91 Å². The van der Waals surface area contributed by atoms with Crippen LogP contribution in [0.4, 0.5) is 0 Å². The number of amides is 1. The minimum atomic E-state index is -0.570. The number of hydrogen-bond donors (Lipinski definition) is 3. The van der Waals surface area contributed by atoms with E-state index in [1.807, 2.05) is 19.2 Å². The third-order valence-corrected chi connectivity index (χ3v) is 5.62. The Morgan fingerprint density at radius 3 is 2.86 bits per heavy atom. The Bertz CT molecular complexity index is 621. The van der Waals surface area contributed by atoms with Gasteiger partial charge >= 0.3 is 0 Å². The molecule has 1 aromatic carbocycles. The maximum Gasteiger partial charge on any atom is 0.251 e. The average molecular weight is 392 g/mol. The second kappa shape index (κ2) is 10.8. The van der Waals surface area contributed by atoms with E-state index in [1.165, 1.54) is 0 Å². The summed E-state index contributed by atoms with van der Waals surface area (Å²) in [5.74, 6) is 0.515. The van der Waals surface area contributed by atoms with Crippen molar-refractivity contribution in [3.63, 3.8) is 0 Å². The third-order valence-electron chi connectivity index (χ3n) is 5.62. The Balaban J connectivity index is 1.62. The molecule has 1 amide bonds. The predicted octanol–water partition coefficient (Wildman–Crippen LogP) is 1.02. The van der Waals surface area contributed by atoms with E-state index in [2.05, 4.69) is 15.5 Å². The summed E-state index contributed by atoms with van der Waals surface area (Å²) in [4.78, 5) is 15.1. The van der Waals surface area contributed by atoms with Crippen LogP contribution in [0.1, 0.15) is 36.0 Å². The van der Waals surface area contributed by atoms with Gasteiger partial charge in [0.2, 0.25) is 0 Å². The quantitative estimate of drug-likeness (QED) is 0.476. The lowest BCUT2D eigenvalue weighted by molar-refractivity contribution is -0.0308. The second-order valence-corrected chi connectivity index (χ2v) is 7.55. The van der Waals surface area contributed by atoms with Gasteiger partial charge in [-0.1, -0.05) is 18.9 Å². The zero-order chi connectivity index (χ0) is 19.8. The van der Waals surface area contributed by atoms with Gasteiger partial charge in [-0.05, 0) is 38.1 Å². The number of aliphatic hydroxyl groups is 1. The molecular formula is C21H33N3O4. The van der Waals surface area contributed by atoms with E-state index in [4.69, 9.17) is 9.47 Å². The lowest BCUT2D eigenvalue weighted by Gasteiger charge is -2.38. The van der Waals surface area contributed by atoms with Gasteiger partial charge in [0.15, 0.2) is 0 Å². The van der Waals surface area contributed by atoms with Crippen molar-refractivity contribution in [1.29, 1.82) is 0 Å². The fourth-order valence-electron chi connectivity index (χ4n) is 4.04. The average Bonchev–Trinajstić information content (AvgIpc) is 2.91. The fourth-order valence-corrected chi connectivity index (χ4v) is 4.04. The Morgan fingerprint density at radius 1 is 1.29 bits per heavy atom. The van der Waals surface area contributed by atoms with Crippen LogP contribution in [-0.4, -0.2) is 80.6 Å². The van der Waals surface area contributed by atoms with Crippen molar-refractivity contribution >= 4 is 5.91 Å². The highest BCUT2D eigenvalue weighted by Crippen LogP contribution is 2.24. The van der Waals surface area contributed by atoms with Crippen molar-refractivity contribution in [3.05, 3.63) is 29.8 Å². The SMILES string of the molecule is CNCCOc1cccc(C(=O)N[C@@H]2CCCC[C@@H](N3CCOCC3)[C@@H]2O)c1. The monoisotopic (exact) mass is 391 g/mol. The molecule has 7 heteroatoms. The molecule has 1 aromatic rings. The molecule has 1 heterocycles. The molecule has 3 atom stereocenters. The van der Waals surface area contributed by atoms with Crippen LogP contribution in [0.15, 0.2) is 24.3 Å². The van der Waals surface area contributed by atoms with Gasteiger partial charge in [0, 0.05) is 31.2 Å².